The number of hydrogen-bond acceptors (Lipinski definition) is 3. The number of aromatic nitrogens is 2. The van der Waals surface area contributed by atoms with Crippen molar-refractivity contribution in [3.8, 4) is 0 Å². The maximum Gasteiger partial charge on any atom is 0.326 e. The zero-order chi connectivity index (χ0) is 14.3. The minimum Gasteiger partial charge on any atom is -0.480 e. The third kappa shape index (κ3) is 5.24. The molecule has 2 unspecified atom stereocenters. The first kappa shape index (κ1) is 14.7. The Morgan fingerprint density at radius 1 is 1.53 bits per heavy atom. The Bertz CT molecular complexity index is 430. The van der Waals surface area contributed by atoms with Gasteiger partial charge in [0.25, 0.3) is 0 Å². The van der Waals surface area contributed by atoms with E-state index in [0.29, 0.717) is 6.54 Å². The van der Waals surface area contributed by atoms with Gasteiger partial charge in [-0.3, -0.25) is 4.68 Å². The van der Waals surface area contributed by atoms with Gasteiger partial charge in [0, 0.05) is 18.4 Å². The number of carbonyl (C=O) groups excluding carboxylic acids is 1. The molecule has 1 aromatic heterocycles. The van der Waals surface area contributed by atoms with E-state index < -0.39 is 18.0 Å². The SMILES string of the molecule is C=CCC(NC(=O)NC(C)Cn1cccn1)C(=O)O. The number of carboxylic acid groups (broad SMARTS) is 1. The van der Waals surface area contributed by atoms with Crippen LogP contribution in [0.5, 0.6) is 0 Å². The van der Waals surface area contributed by atoms with Crippen LogP contribution in [0.1, 0.15) is 13.3 Å². The highest BCUT2D eigenvalue weighted by atomic mass is 16.4. The number of carbonyl (C=O) groups is 2. The van der Waals surface area contributed by atoms with Crippen molar-refractivity contribution in [1.29, 1.82) is 0 Å². The third-order valence-electron chi connectivity index (χ3n) is 2.40. The number of rotatable bonds is 7. The molecule has 7 heteroatoms. The second-order valence-corrected chi connectivity index (χ2v) is 4.16. The maximum absolute atomic E-state index is 11.6. The van der Waals surface area contributed by atoms with Gasteiger partial charge in [0.1, 0.15) is 6.04 Å². The number of urea groups is 1. The van der Waals surface area contributed by atoms with E-state index in [1.807, 2.05) is 6.92 Å². The van der Waals surface area contributed by atoms with Crippen molar-refractivity contribution in [2.24, 2.45) is 0 Å². The van der Waals surface area contributed by atoms with E-state index in [2.05, 4.69) is 22.3 Å². The zero-order valence-corrected chi connectivity index (χ0v) is 10.7. The van der Waals surface area contributed by atoms with Crippen molar-refractivity contribution in [3.05, 3.63) is 31.1 Å². The van der Waals surface area contributed by atoms with Gasteiger partial charge < -0.3 is 15.7 Å². The molecule has 2 amide bonds. The molecule has 7 nitrogen and oxygen atoms in total. The fraction of sp³-hybridized carbons (Fsp3) is 0.417. The lowest BCUT2D eigenvalue weighted by Gasteiger charge is -2.17. The summed E-state index contributed by atoms with van der Waals surface area (Å²) in [4.78, 5) is 22.5. The summed E-state index contributed by atoms with van der Waals surface area (Å²) >= 11 is 0. The topological polar surface area (TPSA) is 96.3 Å². The van der Waals surface area contributed by atoms with E-state index in [4.69, 9.17) is 5.11 Å². The molecule has 0 aliphatic rings. The molecule has 0 radical (unpaired) electrons. The highest BCUT2D eigenvalue weighted by molar-refractivity contribution is 5.82. The summed E-state index contributed by atoms with van der Waals surface area (Å²) in [5.41, 5.74) is 0. The van der Waals surface area contributed by atoms with Crippen LogP contribution in [0, 0.1) is 0 Å². The predicted molar refractivity (Wildman–Crippen MR) is 69.6 cm³/mol. The normalized spacial score (nSPS) is 13.3. The van der Waals surface area contributed by atoms with Crippen LogP contribution >= 0.6 is 0 Å². The predicted octanol–water partition coefficient (Wildman–Crippen LogP) is 0.600. The Morgan fingerprint density at radius 3 is 2.79 bits per heavy atom. The van der Waals surface area contributed by atoms with Crippen LogP contribution in [0.2, 0.25) is 0 Å². The lowest BCUT2D eigenvalue weighted by atomic mass is 10.2. The molecule has 0 aliphatic heterocycles. The summed E-state index contributed by atoms with van der Waals surface area (Å²) < 4.78 is 1.68. The average molecular weight is 266 g/mol. The highest BCUT2D eigenvalue weighted by Crippen LogP contribution is 1.94. The molecule has 0 bridgehead atoms. The molecule has 19 heavy (non-hydrogen) atoms. The summed E-state index contributed by atoms with van der Waals surface area (Å²) in [5.74, 6) is -1.09. The molecule has 1 heterocycles. The molecule has 0 aromatic carbocycles. The van der Waals surface area contributed by atoms with E-state index in [9.17, 15) is 9.59 Å². The average Bonchev–Trinajstić information content (AvgIpc) is 2.80. The molecule has 0 saturated carbocycles. The van der Waals surface area contributed by atoms with Crippen LogP contribution in [0.3, 0.4) is 0 Å². The summed E-state index contributed by atoms with van der Waals surface area (Å²) in [6, 6.07) is 0.138. The monoisotopic (exact) mass is 266 g/mol. The van der Waals surface area contributed by atoms with Crippen molar-refractivity contribution in [2.45, 2.75) is 32.0 Å². The van der Waals surface area contributed by atoms with E-state index >= 15 is 0 Å². The third-order valence-corrected chi connectivity index (χ3v) is 2.40. The van der Waals surface area contributed by atoms with Gasteiger partial charge in [-0.1, -0.05) is 6.08 Å². The van der Waals surface area contributed by atoms with E-state index in [1.165, 1.54) is 6.08 Å². The quantitative estimate of drug-likeness (QED) is 0.630. The van der Waals surface area contributed by atoms with Gasteiger partial charge in [-0.2, -0.15) is 5.10 Å². The molecule has 104 valence electrons. The fourth-order valence-electron chi connectivity index (χ4n) is 1.55. The summed E-state index contributed by atoms with van der Waals surface area (Å²) in [5, 5.41) is 17.9. The smallest absolute Gasteiger partial charge is 0.326 e. The van der Waals surface area contributed by atoms with Crippen LogP contribution in [0.4, 0.5) is 4.79 Å². The Kier molecular flexibility index (Phi) is 5.59. The molecule has 3 N–H and O–H groups in total. The van der Waals surface area contributed by atoms with Crippen LogP contribution in [-0.2, 0) is 11.3 Å². The number of carboxylic acids is 1. The summed E-state index contributed by atoms with van der Waals surface area (Å²) in [7, 11) is 0. The fourth-order valence-corrected chi connectivity index (χ4v) is 1.55. The van der Waals surface area contributed by atoms with Gasteiger partial charge in [0.2, 0.25) is 0 Å². The largest absolute Gasteiger partial charge is 0.480 e. The van der Waals surface area contributed by atoms with Gasteiger partial charge in [-0.25, -0.2) is 9.59 Å². The first-order chi connectivity index (χ1) is 9.02. The van der Waals surface area contributed by atoms with Crippen molar-refractivity contribution in [2.75, 3.05) is 0 Å². The van der Waals surface area contributed by atoms with Gasteiger partial charge in [0.15, 0.2) is 0 Å². The Morgan fingerprint density at radius 2 is 2.26 bits per heavy atom. The number of nitrogens with one attached hydrogen (secondary N) is 2. The first-order valence-corrected chi connectivity index (χ1v) is 5.91. The van der Waals surface area contributed by atoms with Gasteiger partial charge in [0.05, 0.1) is 6.54 Å². The highest BCUT2D eigenvalue weighted by Gasteiger charge is 2.19. The zero-order valence-electron chi connectivity index (χ0n) is 10.7. The van der Waals surface area contributed by atoms with Crippen LogP contribution in [-0.4, -0.2) is 39.0 Å². The number of hydrogen-bond donors (Lipinski definition) is 3. The van der Waals surface area contributed by atoms with E-state index in [-0.39, 0.29) is 12.5 Å². The molecule has 1 rings (SSSR count). The summed E-state index contributed by atoms with van der Waals surface area (Å²) in [6.45, 7) is 5.78. The summed E-state index contributed by atoms with van der Waals surface area (Å²) in [6.07, 6.45) is 5.06. The number of aliphatic carboxylic acids is 1. The van der Waals surface area contributed by atoms with Crippen molar-refractivity contribution in [1.82, 2.24) is 20.4 Å². The molecule has 0 saturated heterocycles. The van der Waals surface area contributed by atoms with Gasteiger partial charge >= 0.3 is 12.0 Å². The van der Waals surface area contributed by atoms with Crippen molar-refractivity contribution < 1.29 is 14.7 Å². The standard InChI is InChI=1S/C12H18N4O3/c1-3-5-10(11(17)18)15-12(19)14-9(2)8-16-7-4-6-13-16/h3-4,6-7,9-10H,1,5,8H2,2H3,(H,17,18)(H2,14,15,19). The van der Waals surface area contributed by atoms with E-state index in [1.54, 1.807) is 23.1 Å². The van der Waals surface area contributed by atoms with Gasteiger partial charge in [-0.05, 0) is 19.4 Å². The molecule has 1 aromatic rings. The molecular weight excluding hydrogens is 248 g/mol. The Hall–Kier alpha value is -2.31. The maximum atomic E-state index is 11.6. The second kappa shape index (κ2) is 7.20. The first-order valence-electron chi connectivity index (χ1n) is 5.91. The molecule has 0 spiro atoms. The number of nitrogens with zero attached hydrogens (tertiary/aromatic N) is 2. The minimum absolute atomic E-state index is 0.168. The molecular formula is C12H18N4O3. The van der Waals surface area contributed by atoms with Crippen molar-refractivity contribution >= 4 is 12.0 Å². The lowest BCUT2D eigenvalue weighted by Crippen LogP contribution is -2.49. The second-order valence-electron chi connectivity index (χ2n) is 4.16. The minimum atomic E-state index is -1.09. The molecule has 0 fully saturated rings. The van der Waals surface area contributed by atoms with Crippen LogP contribution < -0.4 is 10.6 Å². The number of amides is 2. The Labute approximate surface area is 111 Å². The van der Waals surface area contributed by atoms with Gasteiger partial charge in [-0.15, -0.1) is 6.58 Å². The van der Waals surface area contributed by atoms with Crippen LogP contribution in [0.15, 0.2) is 31.1 Å². The lowest BCUT2D eigenvalue weighted by molar-refractivity contribution is -0.139. The van der Waals surface area contributed by atoms with E-state index in [0.717, 1.165) is 0 Å². The molecule has 0 aliphatic carbocycles. The Balaban J connectivity index is 2.40. The van der Waals surface area contributed by atoms with Crippen molar-refractivity contribution in [3.63, 3.8) is 0 Å². The van der Waals surface area contributed by atoms with Crippen LogP contribution in [0.25, 0.3) is 0 Å². The molecule has 2 atom stereocenters.